The minimum Gasteiger partial charge on any atom is -0.344 e. The third kappa shape index (κ3) is 3.08. The highest BCUT2D eigenvalue weighted by Gasteiger charge is 2.32. The number of aromatic nitrogens is 2. The van der Waals surface area contributed by atoms with E-state index < -0.39 is 5.82 Å². The van der Waals surface area contributed by atoms with Gasteiger partial charge in [0.25, 0.3) is 0 Å². The molecule has 2 heterocycles. The zero-order chi connectivity index (χ0) is 18.1. The molecule has 4 rings (SSSR count). The van der Waals surface area contributed by atoms with Crippen molar-refractivity contribution in [2.75, 3.05) is 16.8 Å². The number of carbonyl (C=O) groups excluding carboxylic acids is 1. The van der Waals surface area contributed by atoms with Gasteiger partial charge < -0.3 is 10.2 Å². The average molecular weight is 371 g/mol. The monoisotopic (exact) mass is 370 g/mol. The molecule has 1 aliphatic rings. The van der Waals surface area contributed by atoms with Gasteiger partial charge >= 0.3 is 0 Å². The lowest BCUT2D eigenvalue weighted by Crippen LogP contribution is -2.40. The number of hydrogen-bond acceptors (Lipinski definition) is 4. The summed E-state index contributed by atoms with van der Waals surface area (Å²) in [7, 11) is 0. The van der Waals surface area contributed by atoms with E-state index in [9.17, 15) is 9.18 Å². The van der Waals surface area contributed by atoms with Crippen molar-refractivity contribution in [3.8, 4) is 0 Å². The van der Waals surface area contributed by atoms with E-state index in [1.807, 2.05) is 29.2 Å². The molecule has 1 aromatic heterocycles. The van der Waals surface area contributed by atoms with Crippen LogP contribution in [0.1, 0.15) is 12.8 Å². The largest absolute Gasteiger partial charge is 0.344 e. The molecular weight excluding hydrogens is 355 g/mol. The fraction of sp³-hybridized carbons (Fsp3) is 0.211. The summed E-state index contributed by atoms with van der Waals surface area (Å²) in [4.78, 5) is 23.5. The molecule has 1 saturated heterocycles. The van der Waals surface area contributed by atoms with Crippen LogP contribution in [0.5, 0.6) is 0 Å². The maximum absolute atomic E-state index is 13.3. The van der Waals surface area contributed by atoms with Gasteiger partial charge in [-0.25, -0.2) is 14.4 Å². The van der Waals surface area contributed by atoms with Crippen LogP contribution >= 0.6 is 11.6 Å². The smallest absolute Gasteiger partial charge is 0.247 e. The Bertz CT molecular complexity index is 975. The van der Waals surface area contributed by atoms with Crippen LogP contribution in [-0.4, -0.2) is 28.5 Å². The summed E-state index contributed by atoms with van der Waals surface area (Å²) in [5, 5.41) is 3.72. The molecule has 5 nitrogen and oxygen atoms in total. The van der Waals surface area contributed by atoms with E-state index in [4.69, 9.17) is 11.6 Å². The lowest BCUT2D eigenvalue weighted by atomic mass is 10.1. The first-order valence-electron chi connectivity index (χ1n) is 8.36. The van der Waals surface area contributed by atoms with E-state index in [1.54, 1.807) is 0 Å². The summed E-state index contributed by atoms with van der Waals surface area (Å²) in [6.07, 6.45) is 3.13. The van der Waals surface area contributed by atoms with Crippen LogP contribution in [0, 0.1) is 5.82 Å². The van der Waals surface area contributed by atoms with E-state index >= 15 is 0 Å². The molecule has 1 fully saturated rings. The number of anilines is 2. The Balaban J connectivity index is 1.61. The van der Waals surface area contributed by atoms with Crippen molar-refractivity contribution in [3.63, 3.8) is 0 Å². The lowest BCUT2D eigenvalue weighted by Gasteiger charge is -2.25. The average Bonchev–Trinajstić information content (AvgIpc) is 3.14. The van der Waals surface area contributed by atoms with Gasteiger partial charge in [-0.3, -0.25) is 4.79 Å². The van der Waals surface area contributed by atoms with Gasteiger partial charge in [0.05, 0.1) is 10.5 Å². The number of nitrogens with zero attached hydrogens (tertiary/aromatic N) is 3. The Kier molecular flexibility index (Phi) is 4.42. The number of carbonyl (C=O) groups is 1. The Hall–Kier alpha value is -2.73. The molecule has 0 bridgehead atoms. The summed E-state index contributed by atoms with van der Waals surface area (Å²) in [6.45, 7) is 0.739. The molecule has 0 unspecified atom stereocenters. The molecule has 1 atom stereocenters. The van der Waals surface area contributed by atoms with Gasteiger partial charge in [0.2, 0.25) is 5.91 Å². The number of nitrogens with one attached hydrogen (secondary N) is 1. The van der Waals surface area contributed by atoms with Crippen LogP contribution in [0.3, 0.4) is 0 Å². The molecule has 1 N–H and O–H groups in total. The summed E-state index contributed by atoms with van der Waals surface area (Å²) >= 11 is 5.79. The Morgan fingerprint density at radius 3 is 2.92 bits per heavy atom. The zero-order valence-electron chi connectivity index (χ0n) is 13.8. The van der Waals surface area contributed by atoms with Crippen LogP contribution < -0.4 is 10.2 Å². The second-order valence-corrected chi connectivity index (χ2v) is 6.59. The number of hydrogen-bond donors (Lipinski definition) is 1. The summed E-state index contributed by atoms with van der Waals surface area (Å²) in [5.41, 5.74) is 1.31. The molecular formula is C19H16ClFN4O. The number of benzene rings is 2. The van der Waals surface area contributed by atoms with Gasteiger partial charge in [-0.15, -0.1) is 0 Å². The fourth-order valence-electron chi connectivity index (χ4n) is 3.31. The van der Waals surface area contributed by atoms with Crippen molar-refractivity contribution in [1.82, 2.24) is 9.97 Å². The van der Waals surface area contributed by atoms with Gasteiger partial charge in [-0.05, 0) is 43.2 Å². The SMILES string of the molecule is O=C(Nc1ccc(F)c(Cl)c1)[C@H]1CCCN1c1ncnc2ccccc12. The van der Waals surface area contributed by atoms with E-state index in [0.29, 0.717) is 5.69 Å². The first-order chi connectivity index (χ1) is 12.6. The fourth-order valence-corrected chi connectivity index (χ4v) is 3.49. The summed E-state index contributed by atoms with van der Waals surface area (Å²) in [5.74, 6) is 0.0814. The summed E-state index contributed by atoms with van der Waals surface area (Å²) < 4.78 is 13.3. The first-order valence-corrected chi connectivity index (χ1v) is 8.73. The van der Waals surface area contributed by atoms with E-state index in [-0.39, 0.29) is 17.0 Å². The molecule has 0 saturated carbocycles. The Labute approximate surface area is 154 Å². The number of para-hydroxylation sites is 1. The number of rotatable bonds is 3. The van der Waals surface area contributed by atoms with Crippen LogP contribution in [0.2, 0.25) is 5.02 Å². The molecule has 3 aromatic rings. The maximum atomic E-state index is 13.3. The second kappa shape index (κ2) is 6.88. The highest BCUT2D eigenvalue weighted by atomic mass is 35.5. The van der Waals surface area contributed by atoms with Crippen molar-refractivity contribution in [2.45, 2.75) is 18.9 Å². The van der Waals surface area contributed by atoms with Crippen LogP contribution in [-0.2, 0) is 4.79 Å². The van der Waals surface area contributed by atoms with Gasteiger partial charge in [0.15, 0.2) is 0 Å². The number of amides is 1. The molecule has 26 heavy (non-hydrogen) atoms. The normalized spacial score (nSPS) is 16.8. The molecule has 1 amide bonds. The zero-order valence-corrected chi connectivity index (χ0v) is 14.6. The van der Waals surface area contributed by atoms with Crippen LogP contribution in [0.15, 0.2) is 48.8 Å². The predicted octanol–water partition coefficient (Wildman–Crippen LogP) is 4.03. The third-order valence-corrected chi connectivity index (χ3v) is 4.83. The number of fused-ring (bicyclic) bond motifs is 1. The molecule has 1 aliphatic heterocycles. The Morgan fingerprint density at radius 2 is 2.08 bits per heavy atom. The van der Waals surface area contributed by atoms with E-state index in [2.05, 4.69) is 15.3 Å². The van der Waals surface area contributed by atoms with Gasteiger partial charge in [0.1, 0.15) is 24.0 Å². The number of halogens is 2. The van der Waals surface area contributed by atoms with Crippen LogP contribution in [0.4, 0.5) is 15.9 Å². The minimum atomic E-state index is -0.514. The van der Waals surface area contributed by atoms with Crippen molar-refractivity contribution in [3.05, 3.63) is 59.6 Å². The van der Waals surface area contributed by atoms with Crippen LogP contribution in [0.25, 0.3) is 10.9 Å². The molecule has 0 radical (unpaired) electrons. The van der Waals surface area contributed by atoms with Crippen molar-refractivity contribution in [2.24, 2.45) is 0 Å². The van der Waals surface area contributed by atoms with Crippen molar-refractivity contribution >= 4 is 39.9 Å². The molecule has 7 heteroatoms. The molecule has 0 aliphatic carbocycles. The van der Waals surface area contributed by atoms with Crippen molar-refractivity contribution < 1.29 is 9.18 Å². The highest BCUT2D eigenvalue weighted by Crippen LogP contribution is 2.30. The minimum absolute atomic E-state index is 0.0205. The Morgan fingerprint density at radius 1 is 1.23 bits per heavy atom. The second-order valence-electron chi connectivity index (χ2n) is 6.18. The predicted molar refractivity (Wildman–Crippen MR) is 99.9 cm³/mol. The van der Waals surface area contributed by atoms with Gasteiger partial charge in [0, 0.05) is 17.6 Å². The first kappa shape index (κ1) is 16.7. The molecule has 132 valence electrons. The highest BCUT2D eigenvalue weighted by molar-refractivity contribution is 6.31. The van der Waals surface area contributed by atoms with Gasteiger partial charge in [-0.1, -0.05) is 23.7 Å². The maximum Gasteiger partial charge on any atom is 0.247 e. The van der Waals surface area contributed by atoms with E-state index in [1.165, 1.54) is 24.5 Å². The standard InChI is InChI=1S/C19H16ClFN4O/c20-14-10-12(7-8-15(14)21)24-19(26)17-6-3-9-25(17)18-13-4-1-2-5-16(13)22-11-23-18/h1-2,4-5,7-8,10-11,17H,3,6,9H2,(H,24,26)/t17-/m1/s1. The molecule has 2 aromatic carbocycles. The third-order valence-electron chi connectivity index (χ3n) is 4.54. The topological polar surface area (TPSA) is 58.1 Å². The molecule has 0 spiro atoms. The quantitative estimate of drug-likeness (QED) is 0.756. The summed E-state index contributed by atoms with van der Waals surface area (Å²) in [6, 6.07) is 11.5. The lowest BCUT2D eigenvalue weighted by molar-refractivity contribution is -0.117. The van der Waals surface area contributed by atoms with E-state index in [0.717, 1.165) is 36.1 Å². The van der Waals surface area contributed by atoms with Gasteiger partial charge in [-0.2, -0.15) is 0 Å². The van der Waals surface area contributed by atoms with Crippen molar-refractivity contribution in [1.29, 1.82) is 0 Å².